The first-order chi connectivity index (χ1) is 13.3. The number of methoxy groups -OCH3 is 1. The number of benzene rings is 1. The summed E-state index contributed by atoms with van der Waals surface area (Å²) in [5.74, 6) is 2.49. The van der Waals surface area contributed by atoms with Crippen molar-refractivity contribution in [3.8, 4) is 17.1 Å². The minimum atomic E-state index is 0.551. The fourth-order valence-electron chi connectivity index (χ4n) is 4.29. The fraction of sp³-hybridized carbons (Fsp3) is 0.583. The summed E-state index contributed by atoms with van der Waals surface area (Å²) < 4.78 is 5.07. The zero-order chi connectivity index (χ0) is 18.9. The van der Waals surface area contributed by atoms with Gasteiger partial charge < -0.3 is 4.74 Å². The van der Waals surface area contributed by atoms with Gasteiger partial charge in [0.15, 0.2) is 0 Å². The van der Waals surface area contributed by atoms with Crippen LogP contribution in [0.3, 0.4) is 0 Å². The molecule has 0 radical (unpaired) electrons. The number of ether oxygens (including phenoxy) is 1. The molecule has 1 aromatic heterocycles. The minimum Gasteiger partial charge on any atom is -0.480 e. The van der Waals surface area contributed by atoms with Gasteiger partial charge in [0.05, 0.1) is 12.8 Å². The molecule has 0 unspecified atom stereocenters. The molecule has 0 aliphatic heterocycles. The van der Waals surface area contributed by atoms with E-state index in [1.807, 2.05) is 12.1 Å². The summed E-state index contributed by atoms with van der Waals surface area (Å²) in [6.07, 6.45) is 14.0. The Morgan fingerprint density at radius 3 is 2.15 bits per heavy atom. The number of hydrogen-bond donors (Lipinski definition) is 0. The molecule has 3 heteroatoms. The maximum Gasteiger partial charge on any atom is 0.233 e. The molecule has 3 nitrogen and oxygen atoms in total. The molecule has 2 aromatic rings. The number of rotatable bonds is 9. The van der Waals surface area contributed by atoms with Crippen LogP contribution in [-0.4, -0.2) is 17.3 Å². The van der Waals surface area contributed by atoms with Crippen molar-refractivity contribution in [1.82, 2.24) is 10.2 Å². The normalized spacial score (nSPS) is 19.8. The molecule has 0 spiro atoms. The molecule has 146 valence electrons. The van der Waals surface area contributed by atoms with E-state index < -0.39 is 0 Å². The summed E-state index contributed by atoms with van der Waals surface area (Å²) in [5, 5.41) is 8.28. The van der Waals surface area contributed by atoms with Gasteiger partial charge in [-0.05, 0) is 36.3 Å². The maximum absolute atomic E-state index is 5.07. The zero-order valence-corrected chi connectivity index (χ0v) is 17.0. The van der Waals surface area contributed by atoms with Gasteiger partial charge in [0, 0.05) is 11.6 Å². The monoisotopic (exact) mass is 366 g/mol. The predicted molar refractivity (Wildman–Crippen MR) is 112 cm³/mol. The highest BCUT2D eigenvalue weighted by Gasteiger charge is 2.20. The van der Waals surface area contributed by atoms with Crippen LogP contribution in [0.5, 0.6) is 5.88 Å². The third-order valence-corrected chi connectivity index (χ3v) is 6.12. The molecule has 1 aliphatic rings. The largest absolute Gasteiger partial charge is 0.480 e. The van der Waals surface area contributed by atoms with E-state index in [4.69, 9.17) is 4.74 Å². The van der Waals surface area contributed by atoms with Gasteiger partial charge in [-0.2, -0.15) is 0 Å². The van der Waals surface area contributed by atoms with Crippen molar-refractivity contribution in [2.75, 3.05) is 7.11 Å². The molecule has 0 atom stereocenters. The Kier molecular flexibility index (Phi) is 7.67. The molecule has 1 aliphatic carbocycles. The summed E-state index contributed by atoms with van der Waals surface area (Å²) in [4.78, 5) is 0. The quantitative estimate of drug-likeness (QED) is 0.477. The lowest BCUT2D eigenvalue weighted by molar-refractivity contribution is 0.249. The topological polar surface area (TPSA) is 35.0 Å². The second kappa shape index (κ2) is 10.4. The molecule has 27 heavy (non-hydrogen) atoms. The summed E-state index contributed by atoms with van der Waals surface area (Å²) in [6, 6.07) is 12.6. The van der Waals surface area contributed by atoms with Crippen molar-refractivity contribution in [2.24, 2.45) is 11.8 Å². The Balaban J connectivity index is 1.42. The molecule has 1 saturated carbocycles. The number of nitrogens with zero attached hydrogens (tertiary/aromatic N) is 2. The average molecular weight is 367 g/mol. The van der Waals surface area contributed by atoms with Gasteiger partial charge in [-0.25, -0.2) is 0 Å². The van der Waals surface area contributed by atoms with Crippen LogP contribution in [0.15, 0.2) is 36.4 Å². The van der Waals surface area contributed by atoms with Gasteiger partial charge in [-0.3, -0.25) is 0 Å². The highest BCUT2D eigenvalue weighted by Crippen LogP contribution is 2.34. The van der Waals surface area contributed by atoms with Gasteiger partial charge in [-0.1, -0.05) is 82.6 Å². The molecule has 1 aromatic carbocycles. The SMILES string of the molecule is CCCCCC1CCC(CCc2ccc(-c3ccc(OC)nn3)cc2)CC1. The Morgan fingerprint density at radius 1 is 0.852 bits per heavy atom. The van der Waals surface area contributed by atoms with Crippen LogP contribution >= 0.6 is 0 Å². The summed E-state index contributed by atoms with van der Waals surface area (Å²) in [6.45, 7) is 2.30. The third kappa shape index (κ3) is 6.05. The van der Waals surface area contributed by atoms with Crippen molar-refractivity contribution >= 4 is 0 Å². The van der Waals surface area contributed by atoms with Crippen LogP contribution in [0.4, 0.5) is 0 Å². The lowest BCUT2D eigenvalue weighted by atomic mass is 9.78. The highest BCUT2D eigenvalue weighted by atomic mass is 16.5. The molecule has 0 N–H and O–H groups in total. The number of hydrogen-bond acceptors (Lipinski definition) is 3. The first kappa shape index (κ1) is 19.9. The van der Waals surface area contributed by atoms with Crippen LogP contribution in [0.2, 0.25) is 0 Å². The van der Waals surface area contributed by atoms with Crippen molar-refractivity contribution in [3.05, 3.63) is 42.0 Å². The van der Waals surface area contributed by atoms with Crippen LogP contribution in [0.25, 0.3) is 11.3 Å². The second-order valence-corrected chi connectivity index (χ2v) is 8.08. The standard InChI is InChI=1S/C24H34N2O/c1-3-4-5-6-19-7-9-20(10-8-19)11-12-21-13-15-22(16-14-21)23-17-18-24(27-2)26-25-23/h13-20H,3-12H2,1-2H3. The minimum absolute atomic E-state index is 0.551. The van der Waals surface area contributed by atoms with Crippen molar-refractivity contribution in [3.63, 3.8) is 0 Å². The molecule has 0 saturated heterocycles. The first-order valence-electron chi connectivity index (χ1n) is 10.8. The number of aromatic nitrogens is 2. The molecule has 3 rings (SSSR count). The lowest BCUT2D eigenvalue weighted by Crippen LogP contribution is -2.15. The summed E-state index contributed by atoms with van der Waals surface area (Å²) in [7, 11) is 1.61. The van der Waals surface area contributed by atoms with Crippen molar-refractivity contribution in [1.29, 1.82) is 0 Å². The Bertz CT molecular complexity index is 658. The van der Waals surface area contributed by atoms with Crippen LogP contribution in [0.1, 0.15) is 70.3 Å². The zero-order valence-electron chi connectivity index (χ0n) is 17.0. The van der Waals surface area contributed by atoms with E-state index >= 15 is 0 Å². The Hall–Kier alpha value is -1.90. The van der Waals surface area contributed by atoms with Crippen molar-refractivity contribution < 1.29 is 4.74 Å². The molecular weight excluding hydrogens is 332 g/mol. The van der Waals surface area contributed by atoms with E-state index in [1.54, 1.807) is 7.11 Å². The van der Waals surface area contributed by atoms with E-state index in [9.17, 15) is 0 Å². The van der Waals surface area contributed by atoms with E-state index in [0.717, 1.165) is 23.1 Å². The van der Waals surface area contributed by atoms with Gasteiger partial charge in [0.1, 0.15) is 0 Å². The lowest BCUT2D eigenvalue weighted by Gasteiger charge is -2.28. The first-order valence-corrected chi connectivity index (χ1v) is 10.8. The molecular formula is C24H34N2O. The maximum atomic E-state index is 5.07. The van der Waals surface area contributed by atoms with Crippen LogP contribution < -0.4 is 4.74 Å². The summed E-state index contributed by atoms with van der Waals surface area (Å²) in [5.41, 5.74) is 3.44. The van der Waals surface area contributed by atoms with Crippen LogP contribution in [-0.2, 0) is 6.42 Å². The summed E-state index contributed by atoms with van der Waals surface area (Å²) >= 11 is 0. The number of aryl methyl sites for hydroxylation is 1. The van der Waals surface area contributed by atoms with Gasteiger partial charge in [0.2, 0.25) is 5.88 Å². The predicted octanol–water partition coefficient (Wildman–Crippen LogP) is 6.47. The molecule has 1 heterocycles. The number of unbranched alkanes of at least 4 members (excludes halogenated alkanes) is 2. The molecule has 0 amide bonds. The van der Waals surface area contributed by atoms with Gasteiger partial charge in [-0.15, -0.1) is 10.2 Å². The van der Waals surface area contributed by atoms with E-state index in [1.165, 1.54) is 69.8 Å². The smallest absolute Gasteiger partial charge is 0.233 e. The Morgan fingerprint density at radius 2 is 1.56 bits per heavy atom. The van der Waals surface area contributed by atoms with E-state index in [0.29, 0.717) is 5.88 Å². The fourth-order valence-corrected chi connectivity index (χ4v) is 4.29. The van der Waals surface area contributed by atoms with E-state index in [2.05, 4.69) is 41.4 Å². The molecule has 0 bridgehead atoms. The van der Waals surface area contributed by atoms with Gasteiger partial charge >= 0.3 is 0 Å². The van der Waals surface area contributed by atoms with Gasteiger partial charge in [0.25, 0.3) is 0 Å². The highest BCUT2D eigenvalue weighted by molar-refractivity contribution is 5.58. The van der Waals surface area contributed by atoms with E-state index in [-0.39, 0.29) is 0 Å². The second-order valence-electron chi connectivity index (χ2n) is 8.08. The third-order valence-electron chi connectivity index (χ3n) is 6.12. The van der Waals surface area contributed by atoms with Crippen LogP contribution in [0, 0.1) is 11.8 Å². The average Bonchev–Trinajstić information content (AvgIpc) is 2.74. The molecule has 1 fully saturated rings. The Labute approximate surface area is 164 Å². The van der Waals surface area contributed by atoms with Crippen molar-refractivity contribution in [2.45, 2.75) is 71.1 Å².